The Morgan fingerprint density at radius 3 is 2.79 bits per heavy atom. The van der Waals surface area contributed by atoms with Crippen molar-refractivity contribution < 1.29 is 13.2 Å². The van der Waals surface area contributed by atoms with Gasteiger partial charge in [-0.1, -0.05) is 6.07 Å². The van der Waals surface area contributed by atoms with Crippen molar-refractivity contribution in [1.29, 1.82) is 0 Å². The number of methoxy groups -OCH3 is 1. The Bertz CT molecular complexity index is 405. The van der Waals surface area contributed by atoms with Crippen LogP contribution in [0.2, 0.25) is 0 Å². The molecule has 6 heteroatoms. The van der Waals surface area contributed by atoms with E-state index in [1.807, 2.05) is 0 Å². The number of alkyl halides is 1. The zero-order valence-electron chi connectivity index (χ0n) is 7.53. The van der Waals surface area contributed by atoms with Crippen LogP contribution in [-0.2, 0) is 10.0 Å². The average molecular weight is 236 g/mol. The van der Waals surface area contributed by atoms with E-state index in [2.05, 4.69) is 4.72 Å². The highest BCUT2D eigenvalue weighted by atomic mass is 35.5. The quantitative estimate of drug-likeness (QED) is 0.808. The van der Waals surface area contributed by atoms with Crippen LogP contribution in [0, 0.1) is 0 Å². The van der Waals surface area contributed by atoms with Gasteiger partial charge in [-0.3, -0.25) is 4.72 Å². The molecule has 0 amide bonds. The van der Waals surface area contributed by atoms with Crippen molar-refractivity contribution in [2.45, 2.75) is 0 Å². The van der Waals surface area contributed by atoms with Crippen molar-refractivity contribution in [1.82, 2.24) is 0 Å². The van der Waals surface area contributed by atoms with Crippen molar-refractivity contribution in [2.75, 3.05) is 17.0 Å². The SMILES string of the molecule is COc1cccc(NS(=O)(=O)CCl)c1. The van der Waals surface area contributed by atoms with Crippen molar-refractivity contribution in [2.24, 2.45) is 0 Å². The summed E-state index contributed by atoms with van der Waals surface area (Å²) in [6, 6.07) is 6.60. The molecule has 0 atom stereocenters. The molecular weight excluding hydrogens is 226 g/mol. The van der Waals surface area contributed by atoms with E-state index in [0.717, 1.165) is 0 Å². The van der Waals surface area contributed by atoms with Crippen LogP contribution >= 0.6 is 11.6 Å². The topological polar surface area (TPSA) is 55.4 Å². The third kappa shape index (κ3) is 3.08. The molecule has 0 spiro atoms. The van der Waals surface area contributed by atoms with Gasteiger partial charge in [0.1, 0.15) is 11.0 Å². The Morgan fingerprint density at radius 1 is 1.50 bits per heavy atom. The lowest BCUT2D eigenvalue weighted by Crippen LogP contribution is -2.13. The standard InChI is InChI=1S/C8H10ClNO3S/c1-13-8-4-2-3-7(5-8)10-14(11,12)6-9/h2-5,10H,6H2,1H3. The van der Waals surface area contributed by atoms with Gasteiger partial charge in [0.2, 0.25) is 10.0 Å². The monoisotopic (exact) mass is 235 g/mol. The van der Waals surface area contributed by atoms with Crippen LogP contribution in [0.1, 0.15) is 0 Å². The lowest BCUT2D eigenvalue weighted by atomic mass is 10.3. The zero-order chi connectivity index (χ0) is 10.6. The number of halogens is 1. The molecule has 0 fully saturated rings. The molecule has 0 aromatic heterocycles. The molecule has 4 nitrogen and oxygen atoms in total. The molecule has 1 rings (SSSR count). The van der Waals surface area contributed by atoms with Gasteiger partial charge in [0.05, 0.1) is 12.8 Å². The van der Waals surface area contributed by atoms with Gasteiger partial charge < -0.3 is 4.74 Å². The number of sulfonamides is 1. The lowest BCUT2D eigenvalue weighted by Gasteiger charge is -2.06. The van der Waals surface area contributed by atoms with E-state index in [4.69, 9.17) is 16.3 Å². The van der Waals surface area contributed by atoms with Gasteiger partial charge in [0, 0.05) is 6.07 Å². The second-order valence-corrected chi connectivity index (χ2v) is 4.86. The van der Waals surface area contributed by atoms with Gasteiger partial charge in [-0.15, -0.1) is 11.6 Å². The van der Waals surface area contributed by atoms with Gasteiger partial charge in [0.25, 0.3) is 0 Å². The first-order chi connectivity index (χ1) is 6.57. The first-order valence-electron chi connectivity index (χ1n) is 3.78. The molecular formula is C8H10ClNO3S. The van der Waals surface area contributed by atoms with Gasteiger partial charge in [-0.25, -0.2) is 8.42 Å². The minimum atomic E-state index is -3.44. The molecule has 0 radical (unpaired) electrons. The number of anilines is 1. The zero-order valence-corrected chi connectivity index (χ0v) is 9.10. The Kier molecular flexibility index (Phi) is 3.60. The highest BCUT2D eigenvalue weighted by Crippen LogP contribution is 2.17. The van der Waals surface area contributed by atoms with Crippen LogP contribution in [0.4, 0.5) is 5.69 Å². The summed E-state index contributed by atoms with van der Waals surface area (Å²) in [6.07, 6.45) is 0. The van der Waals surface area contributed by atoms with Gasteiger partial charge in [-0.05, 0) is 12.1 Å². The van der Waals surface area contributed by atoms with Crippen LogP contribution in [0.15, 0.2) is 24.3 Å². The Balaban J connectivity index is 2.87. The van der Waals surface area contributed by atoms with E-state index < -0.39 is 15.2 Å². The molecule has 0 unspecified atom stereocenters. The van der Waals surface area contributed by atoms with Crippen molar-refractivity contribution in [3.05, 3.63) is 24.3 Å². The minimum absolute atomic E-state index is 0.435. The van der Waals surface area contributed by atoms with Crippen LogP contribution in [0.25, 0.3) is 0 Å². The van der Waals surface area contributed by atoms with E-state index >= 15 is 0 Å². The first kappa shape index (κ1) is 11.1. The molecule has 0 saturated carbocycles. The summed E-state index contributed by atoms with van der Waals surface area (Å²) in [5, 5.41) is -0.468. The van der Waals surface area contributed by atoms with Gasteiger partial charge in [-0.2, -0.15) is 0 Å². The second kappa shape index (κ2) is 4.52. The van der Waals surface area contributed by atoms with Crippen molar-refractivity contribution in [3.63, 3.8) is 0 Å². The molecule has 78 valence electrons. The number of benzene rings is 1. The molecule has 0 saturated heterocycles. The molecule has 1 aromatic rings. The van der Waals surface area contributed by atoms with Crippen LogP contribution in [0.5, 0.6) is 5.75 Å². The largest absolute Gasteiger partial charge is 0.497 e. The lowest BCUT2D eigenvalue weighted by molar-refractivity contribution is 0.415. The fourth-order valence-electron chi connectivity index (χ4n) is 0.893. The highest BCUT2D eigenvalue weighted by molar-refractivity contribution is 7.93. The predicted octanol–water partition coefficient (Wildman–Crippen LogP) is 1.63. The minimum Gasteiger partial charge on any atom is -0.497 e. The Morgan fingerprint density at radius 2 is 2.21 bits per heavy atom. The summed E-state index contributed by atoms with van der Waals surface area (Å²) in [5.41, 5.74) is 0.435. The van der Waals surface area contributed by atoms with Gasteiger partial charge in [0.15, 0.2) is 0 Å². The number of nitrogens with one attached hydrogen (secondary N) is 1. The van der Waals surface area contributed by atoms with Crippen LogP contribution in [0.3, 0.4) is 0 Å². The molecule has 1 aromatic carbocycles. The van der Waals surface area contributed by atoms with Crippen molar-refractivity contribution >= 4 is 27.3 Å². The maximum Gasteiger partial charge on any atom is 0.246 e. The molecule has 14 heavy (non-hydrogen) atoms. The summed E-state index contributed by atoms with van der Waals surface area (Å²) in [6.45, 7) is 0. The Labute approximate surface area is 87.9 Å². The van der Waals surface area contributed by atoms with E-state index in [-0.39, 0.29) is 0 Å². The molecule has 1 N–H and O–H groups in total. The molecule has 0 bridgehead atoms. The summed E-state index contributed by atoms with van der Waals surface area (Å²) in [4.78, 5) is 0. The van der Waals surface area contributed by atoms with E-state index in [0.29, 0.717) is 11.4 Å². The third-order valence-electron chi connectivity index (χ3n) is 1.49. The maximum absolute atomic E-state index is 11.1. The molecule has 0 aliphatic heterocycles. The van der Waals surface area contributed by atoms with Crippen LogP contribution < -0.4 is 9.46 Å². The number of hydrogen-bond donors (Lipinski definition) is 1. The van der Waals surface area contributed by atoms with Gasteiger partial charge >= 0.3 is 0 Å². The summed E-state index contributed by atoms with van der Waals surface area (Å²) in [7, 11) is -1.93. The summed E-state index contributed by atoms with van der Waals surface area (Å²) in [5.74, 6) is 0.583. The fourth-order valence-corrected chi connectivity index (χ4v) is 1.60. The van der Waals surface area contributed by atoms with E-state index in [9.17, 15) is 8.42 Å². The fraction of sp³-hybridized carbons (Fsp3) is 0.250. The highest BCUT2D eigenvalue weighted by Gasteiger charge is 2.07. The number of rotatable bonds is 4. The Hall–Kier alpha value is -0.940. The predicted molar refractivity (Wildman–Crippen MR) is 56.3 cm³/mol. The van der Waals surface area contributed by atoms with Crippen LogP contribution in [-0.4, -0.2) is 20.7 Å². The van der Waals surface area contributed by atoms with E-state index in [1.54, 1.807) is 24.3 Å². The molecule has 0 heterocycles. The smallest absolute Gasteiger partial charge is 0.246 e. The average Bonchev–Trinajstić information content (AvgIpc) is 2.17. The first-order valence-corrected chi connectivity index (χ1v) is 5.96. The van der Waals surface area contributed by atoms with E-state index in [1.165, 1.54) is 7.11 Å². The molecule has 0 aliphatic rings. The summed E-state index contributed by atoms with van der Waals surface area (Å²) < 4.78 is 29.4. The molecule has 0 aliphatic carbocycles. The third-order valence-corrected chi connectivity index (χ3v) is 3.18. The number of hydrogen-bond acceptors (Lipinski definition) is 3. The normalized spacial score (nSPS) is 11.0. The second-order valence-electron chi connectivity index (χ2n) is 2.56. The maximum atomic E-state index is 11.1. The number of ether oxygens (including phenoxy) is 1. The summed E-state index contributed by atoms with van der Waals surface area (Å²) >= 11 is 5.24. The van der Waals surface area contributed by atoms with Crippen molar-refractivity contribution in [3.8, 4) is 5.75 Å².